The molecule has 144 valence electrons. The first-order valence-electron chi connectivity index (χ1n) is 9.64. The van der Waals surface area contributed by atoms with Crippen molar-refractivity contribution in [2.24, 2.45) is 5.92 Å². The maximum Gasteiger partial charge on any atom is 0.224 e. The number of nitrogens with one attached hydrogen (secondary N) is 1. The van der Waals surface area contributed by atoms with Crippen molar-refractivity contribution in [2.75, 3.05) is 5.32 Å². The highest BCUT2D eigenvalue weighted by atomic mass is 16.5. The summed E-state index contributed by atoms with van der Waals surface area (Å²) >= 11 is 0. The number of carbonyl (C=O) groups excluding carboxylic acids is 1. The van der Waals surface area contributed by atoms with Crippen LogP contribution < -0.4 is 10.1 Å². The zero-order valence-corrected chi connectivity index (χ0v) is 15.6. The van der Waals surface area contributed by atoms with Gasteiger partial charge in [-0.15, -0.1) is 0 Å². The predicted octanol–water partition coefficient (Wildman–Crippen LogP) is 4.36. The van der Waals surface area contributed by atoms with Gasteiger partial charge in [-0.2, -0.15) is 0 Å². The van der Waals surface area contributed by atoms with Crippen molar-refractivity contribution in [2.45, 2.75) is 38.5 Å². The first kappa shape index (κ1) is 18.2. The third-order valence-electron chi connectivity index (χ3n) is 5.01. The van der Waals surface area contributed by atoms with Crippen molar-refractivity contribution in [1.29, 1.82) is 0 Å². The number of anilines is 1. The Bertz CT molecular complexity index is 903. The quantitative estimate of drug-likeness (QED) is 0.661. The zero-order chi connectivity index (χ0) is 19.2. The third kappa shape index (κ3) is 4.73. The van der Waals surface area contributed by atoms with Gasteiger partial charge in [0, 0.05) is 30.6 Å². The van der Waals surface area contributed by atoms with Crippen LogP contribution >= 0.6 is 0 Å². The summed E-state index contributed by atoms with van der Waals surface area (Å²) in [5, 5.41) is 2.95. The molecule has 1 saturated carbocycles. The van der Waals surface area contributed by atoms with Gasteiger partial charge in [-0.05, 0) is 36.6 Å². The Morgan fingerprint density at radius 1 is 1.18 bits per heavy atom. The molecule has 1 fully saturated rings. The second-order valence-electron chi connectivity index (χ2n) is 7.05. The average Bonchev–Trinajstić information content (AvgIpc) is 3.42. The fraction of sp³-hybridized carbons (Fsp3) is 0.333. The number of rotatable bonds is 7. The zero-order valence-electron chi connectivity index (χ0n) is 15.6. The smallest absolute Gasteiger partial charge is 0.224 e. The number of imidazole rings is 1. The van der Waals surface area contributed by atoms with Crippen LogP contribution in [0, 0.1) is 5.92 Å². The Morgan fingerprint density at radius 3 is 2.75 bits per heavy atom. The molecule has 7 nitrogen and oxygen atoms in total. The Morgan fingerprint density at radius 2 is 2.00 bits per heavy atom. The molecular weight excluding hydrogens is 354 g/mol. The molecule has 1 amide bonds. The van der Waals surface area contributed by atoms with Gasteiger partial charge in [-0.25, -0.2) is 15.0 Å². The van der Waals surface area contributed by atoms with Gasteiger partial charge >= 0.3 is 0 Å². The van der Waals surface area contributed by atoms with Crippen LogP contribution in [0.4, 0.5) is 5.69 Å². The molecule has 2 aromatic heterocycles. The van der Waals surface area contributed by atoms with Gasteiger partial charge in [0.25, 0.3) is 0 Å². The van der Waals surface area contributed by atoms with Crippen LogP contribution in [0.5, 0.6) is 11.6 Å². The summed E-state index contributed by atoms with van der Waals surface area (Å²) in [4.78, 5) is 24.5. The Hall–Kier alpha value is -3.22. The van der Waals surface area contributed by atoms with Crippen molar-refractivity contribution in [3.8, 4) is 17.4 Å². The predicted molar refractivity (Wildman–Crippen MR) is 105 cm³/mol. The second kappa shape index (κ2) is 8.65. The maximum atomic E-state index is 12.1. The molecule has 1 aromatic carbocycles. The number of hydrogen-bond donors (Lipinski definition) is 1. The van der Waals surface area contributed by atoms with E-state index < -0.39 is 0 Å². The first-order valence-corrected chi connectivity index (χ1v) is 9.64. The fourth-order valence-electron chi connectivity index (χ4n) is 3.51. The van der Waals surface area contributed by atoms with E-state index in [0.717, 1.165) is 18.0 Å². The highest BCUT2D eigenvalue weighted by Crippen LogP contribution is 2.28. The number of benzene rings is 1. The van der Waals surface area contributed by atoms with E-state index in [0.29, 0.717) is 23.9 Å². The minimum absolute atomic E-state index is 0.0707. The largest absolute Gasteiger partial charge is 0.439 e. The van der Waals surface area contributed by atoms with Crippen LogP contribution in [-0.2, 0) is 4.79 Å². The van der Waals surface area contributed by atoms with Gasteiger partial charge in [0.1, 0.15) is 24.2 Å². The van der Waals surface area contributed by atoms with E-state index in [1.54, 1.807) is 29.4 Å². The molecule has 0 atom stereocenters. The number of nitrogens with zero attached hydrogens (tertiary/aromatic N) is 4. The van der Waals surface area contributed by atoms with Crippen molar-refractivity contribution < 1.29 is 9.53 Å². The summed E-state index contributed by atoms with van der Waals surface area (Å²) < 4.78 is 7.57. The molecule has 0 radical (unpaired) electrons. The molecule has 7 heteroatoms. The van der Waals surface area contributed by atoms with E-state index in [2.05, 4.69) is 20.3 Å². The maximum absolute atomic E-state index is 12.1. The molecule has 28 heavy (non-hydrogen) atoms. The molecular formula is C21H23N5O2. The summed E-state index contributed by atoms with van der Waals surface area (Å²) in [7, 11) is 0. The second-order valence-corrected chi connectivity index (χ2v) is 7.05. The van der Waals surface area contributed by atoms with Gasteiger partial charge in [-0.3, -0.25) is 9.36 Å². The molecule has 0 bridgehead atoms. The molecule has 2 heterocycles. The van der Waals surface area contributed by atoms with E-state index in [9.17, 15) is 4.79 Å². The summed E-state index contributed by atoms with van der Waals surface area (Å²) in [5.74, 6) is 2.54. The van der Waals surface area contributed by atoms with Crippen LogP contribution in [0.15, 0.2) is 55.4 Å². The lowest BCUT2D eigenvalue weighted by atomic mass is 10.0. The summed E-state index contributed by atoms with van der Waals surface area (Å²) in [6, 6.07) is 9.03. The van der Waals surface area contributed by atoms with Gasteiger partial charge < -0.3 is 10.1 Å². The number of aromatic nitrogens is 4. The van der Waals surface area contributed by atoms with Crippen LogP contribution in [0.1, 0.15) is 38.5 Å². The van der Waals surface area contributed by atoms with Gasteiger partial charge in [0.2, 0.25) is 11.8 Å². The van der Waals surface area contributed by atoms with Crippen molar-refractivity contribution in [1.82, 2.24) is 19.5 Å². The normalized spacial score (nSPS) is 14.1. The van der Waals surface area contributed by atoms with E-state index in [4.69, 9.17) is 4.74 Å². The molecule has 1 aliphatic carbocycles. The number of ether oxygens (including phenoxy) is 1. The molecule has 1 N–H and O–H groups in total. The number of hydrogen-bond acceptors (Lipinski definition) is 5. The molecule has 4 rings (SSSR count). The standard InChI is InChI=1S/C21H23N5O2/c27-20(10-5-16-3-1-2-4-16)25-17-6-8-18(9-7-17)28-21-13-19(23-14-24-21)26-12-11-22-15-26/h6-9,11-16H,1-5,10H2,(H,25,27). The molecule has 0 spiro atoms. The van der Waals surface area contributed by atoms with Crippen LogP contribution in [0.25, 0.3) is 5.82 Å². The monoisotopic (exact) mass is 377 g/mol. The van der Waals surface area contributed by atoms with E-state index in [1.807, 2.05) is 24.3 Å². The van der Waals surface area contributed by atoms with Crippen LogP contribution in [-0.4, -0.2) is 25.4 Å². The fourth-order valence-corrected chi connectivity index (χ4v) is 3.51. The van der Waals surface area contributed by atoms with Gasteiger partial charge in [-0.1, -0.05) is 25.7 Å². The van der Waals surface area contributed by atoms with Crippen molar-refractivity contribution in [3.05, 3.63) is 55.4 Å². The highest BCUT2D eigenvalue weighted by molar-refractivity contribution is 5.90. The average molecular weight is 377 g/mol. The van der Waals surface area contributed by atoms with Crippen LogP contribution in [0.2, 0.25) is 0 Å². The molecule has 0 aliphatic heterocycles. The lowest BCUT2D eigenvalue weighted by molar-refractivity contribution is -0.116. The highest BCUT2D eigenvalue weighted by Gasteiger charge is 2.16. The molecule has 1 aliphatic rings. The van der Waals surface area contributed by atoms with Gasteiger partial charge in [0.15, 0.2) is 0 Å². The third-order valence-corrected chi connectivity index (χ3v) is 5.01. The number of amides is 1. The summed E-state index contributed by atoms with van der Waals surface area (Å²) in [6.45, 7) is 0. The van der Waals surface area contributed by atoms with Gasteiger partial charge in [0.05, 0.1) is 0 Å². The van der Waals surface area contributed by atoms with E-state index in [1.165, 1.54) is 32.0 Å². The summed E-state index contributed by atoms with van der Waals surface area (Å²) in [5.41, 5.74) is 0.769. The minimum atomic E-state index is 0.0707. The topological polar surface area (TPSA) is 81.9 Å². The Labute approximate surface area is 163 Å². The van der Waals surface area contributed by atoms with E-state index >= 15 is 0 Å². The molecule has 0 unspecified atom stereocenters. The van der Waals surface area contributed by atoms with E-state index in [-0.39, 0.29) is 5.91 Å². The SMILES string of the molecule is O=C(CCC1CCCC1)Nc1ccc(Oc2cc(-n3ccnc3)ncn2)cc1. The lowest BCUT2D eigenvalue weighted by Gasteiger charge is -2.10. The Kier molecular flexibility index (Phi) is 5.61. The number of carbonyl (C=O) groups is 1. The Balaban J connectivity index is 1.32. The molecule has 0 saturated heterocycles. The lowest BCUT2D eigenvalue weighted by Crippen LogP contribution is -2.12. The molecule has 3 aromatic rings. The first-order chi connectivity index (χ1) is 13.8. The van der Waals surface area contributed by atoms with Crippen LogP contribution in [0.3, 0.4) is 0 Å². The van der Waals surface area contributed by atoms with Crippen molar-refractivity contribution >= 4 is 11.6 Å². The minimum Gasteiger partial charge on any atom is -0.439 e. The summed E-state index contributed by atoms with van der Waals surface area (Å²) in [6.07, 6.45) is 13.3. The van der Waals surface area contributed by atoms with Crippen molar-refractivity contribution in [3.63, 3.8) is 0 Å².